The molecule has 1 aliphatic heterocycles. The van der Waals surface area contributed by atoms with Crippen LogP contribution in [0.5, 0.6) is 5.75 Å². The van der Waals surface area contributed by atoms with Crippen molar-refractivity contribution in [1.29, 1.82) is 0 Å². The number of nitrogens with one attached hydrogen (secondary N) is 2. The minimum atomic E-state index is -3.02. The fourth-order valence-electron chi connectivity index (χ4n) is 3.25. The maximum absolute atomic E-state index is 12.5. The number of hydrogen-bond acceptors (Lipinski definition) is 4. The summed E-state index contributed by atoms with van der Waals surface area (Å²) in [5.74, 6) is -1.23. The first-order chi connectivity index (χ1) is 12.3. The molecular formula is C16H16ClF2N3O4. The smallest absolute Gasteiger partial charge is 0.387 e. The number of imide groups is 1. The Bertz CT molecular complexity index is 753. The number of carbonyl (C=O) groups excluding carboxylic acids is 3. The van der Waals surface area contributed by atoms with E-state index in [-0.39, 0.29) is 16.5 Å². The molecule has 1 aliphatic carbocycles. The van der Waals surface area contributed by atoms with Gasteiger partial charge in [0.2, 0.25) is 5.91 Å². The molecule has 2 N–H and O–H groups in total. The van der Waals surface area contributed by atoms with Gasteiger partial charge in [0.05, 0.1) is 5.02 Å². The number of rotatable bonds is 5. The Morgan fingerprint density at radius 1 is 1.35 bits per heavy atom. The standard InChI is InChI=1S/C16H16ClF2N3O4/c17-10-7-9(3-4-11(10)26-14(18)19)20-12(23)8-22-13(24)16(21-15(22)25)5-1-2-6-16/h3-4,7,14H,1-2,5-6,8H2,(H,20,23)(H,21,25). The number of anilines is 1. The molecule has 7 nitrogen and oxygen atoms in total. The number of ether oxygens (including phenoxy) is 1. The predicted octanol–water partition coefficient (Wildman–Crippen LogP) is 2.74. The summed E-state index contributed by atoms with van der Waals surface area (Å²) < 4.78 is 28.6. The predicted molar refractivity (Wildman–Crippen MR) is 88.2 cm³/mol. The maximum Gasteiger partial charge on any atom is 0.387 e. The third-order valence-electron chi connectivity index (χ3n) is 4.44. The lowest BCUT2D eigenvalue weighted by molar-refractivity contribution is -0.133. The first kappa shape index (κ1) is 18.4. The summed E-state index contributed by atoms with van der Waals surface area (Å²) in [7, 11) is 0. The highest BCUT2D eigenvalue weighted by atomic mass is 35.5. The van der Waals surface area contributed by atoms with Crippen LogP contribution in [0.1, 0.15) is 25.7 Å². The quantitative estimate of drug-likeness (QED) is 0.760. The highest BCUT2D eigenvalue weighted by Gasteiger charge is 2.52. The number of benzene rings is 1. The van der Waals surface area contributed by atoms with Crippen LogP contribution in [0.15, 0.2) is 18.2 Å². The third-order valence-corrected chi connectivity index (χ3v) is 4.73. The van der Waals surface area contributed by atoms with Gasteiger partial charge in [-0.2, -0.15) is 8.78 Å². The Balaban J connectivity index is 1.63. The zero-order valence-electron chi connectivity index (χ0n) is 13.6. The molecule has 10 heteroatoms. The normalized spacial score (nSPS) is 18.5. The molecule has 1 spiro atoms. The molecule has 1 heterocycles. The summed E-state index contributed by atoms with van der Waals surface area (Å²) >= 11 is 5.82. The fraction of sp³-hybridized carbons (Fsp3) is 0.438. The lowest BCUT2D eigenvalue weighted by Gasteiger charge is -2.19. The van der Waals surface area contributed by atoms with Gasteiger partial charge in [-0.25, -0.2) is 4.79 Å². The third kappa shape index (κ3) is 3.57. The molecule has 140 valence electrons. The zero-order chi connectivity index (χ0) is 18.9. The first-order valence-electron chi connectivity index (χ1n) is 7.99. The van der Waals surface area contributed by atoms with Crippen molar-refractivity contribution < 1.29 is 27.9 Å². The number of alkyl halides is 2. The monoisotopic (exact) mass is 387 g/mol. The highest BCUT2D eigenvalue weighted by molar-refractivity contribution is 6.32. The van der Waals surface area contributed by atoms with Crippen LogP contribution < -0.4 is 15.4 Å². The average molecular weight is 388 g/mol. The molecule has 1 saturated heterocycles. The number of amides is 4. The topological polar surface area (TPSA) is 87.7 Å². The van der Waals surface area contributed by atoms with E-state index in [4.69, 9.17) is 11.6 Å². The van der Waals surface area contributed by atoms with E-state index in [9.17, 15) is 23.2 Å². The molecule has 1 aromatic rings. The summed E-state index contributed by atoms with van der Waals surface area (Å²) in [4.78, 5) is 37.6. The Morgan fingerprint density at radius 2 is 2.04 bits per heavy atom. The number of urea groups is 1. The van der Waals surface area contributed by atoms with Crippen LogP contribution in [0, 0.1) is 0 Å². The van der Waals surface area contributed by atoms with Gasteiger partial charge in [-0.15, -0.1) is 0 Å². The molecule has 0 bridgehead atoms. The minimum absolute atomic E-state index is 0.108. The highest BCUT2D eigenvalue weighted by Crippen LogP contribution is 2.35. The molecule has 0 aromatic heterocycles. The molecule has 2 fully saturated rings. The van der Waals surface area contributed by atoms with E-state index in [0.717, 1.165) is 17.7 Å². The molecule has 0 unspecified atom stereocenters. The van der Waals surface area contributed by atoms with Crippen molar-refractivity contribution in [2.75, 3.05) is 11.9 Å². The minimum Gasteiger partial charge on any atom is -0.433 e. The summed E-state index contributed by atoms with van der Waals surface area (Å²) in [5, 5.41) is 5.04. The maximum atomic E-state index is 12.5. The van der Waals surface area contributed by atoms with Crippen molar-refractivity contribution in [3.63, 3.8) is 0 Å². The molecule has 3 rings (SSSR count). The first-order valence-corrected chi connectivity index (χ1v) is 8.37. The lowest BCUT2D eigenvalue weighted by atomic mass is 9.98. The number of halogens is 3. The van der Waals surface area contributed by atoms with Gasteiger partial charge < -0.3 is 15.4 Å². The Morgan fingerprint density at radius 3 is 2.65 bits per heavy atom. The van der Waals surface area contributed by atoms with Crippen molar-refractivity contribution >= 4 is 35.1 Å². The van der Waals surface area contributed by atoms with Crippen molar-refractivity contribution in [3.8, 4) is 5.75 Å². The molecule has 26 heavy (non-hydrogen) atoms. The van der Waals surface area contributed by atoms with Crippen LogP contribution in [0.3, 0.4) is 0 Å². The van der Waals surface area contributed by atoms with Crippen LogP contribution >= 0.6 is 11.6 Å². The van der Waals surface area contributed by atoms with E-state index in [1.54, 1.807) is 0 Å². The Kier molecular flexibility index (Phi) is 4.99. The van der Waals surface area contributed by atoms with Gasteiger partial charge in [-0.05, 0) is 31.0 Å². The molecule has 0 atom stereocenters. The fourth-order valence-corrected chi connectivity index (χ4v) is 3.48. The summed E-state index contributed by atoms with van der Waals surface area (Å²) in [6, 6.07) is 3.16. The second-order valence-electron chi connectivity index (χ2n) is 6.18. The van der Waals surface area contributed by atoms with E-state index in [2.05, 4.69) is 15.4 Å². The van der Waals surface area contributed by atoms with Crippen molar-refractivity contribution in [2.24, 2.45) is 0 Å². The number of nitrogens with zero attached hydrogens (tertiary/aromatic N) is 1. The van der Waals surface area contributed by atoms with Gasteiger partial charge >= 0.3 is 12.6 Å². The second-order valence-corrected chi connectivity index (χ2v) is 6.59. The average Bonchev–Trinajstić information content (AvgIpc) is 3.11. The van der Waals surface area contributed by atoms with Gasteiger partial charge in [0.25, 0.3) is 5.91 Å². The molecular weight excluding hydrogens is 372 g/mol. The van der Waals surface area contributed by atoms with Crippen molar-refractivity contribution in [1.82, 2.24) is 10.2 Å². The Hall–Kier alpha value is -2.42. The van der Waals surface area contributed by atoms with Crippen LogP contribution in [0.25, 0.3) is 0 Å². The van der Waals surface area contributed by atoms with E-state index >= 15 is 0 Å². The van der Waals surface area contributed by atoms with Gasteiger partial charge in [0.15, 0.2) is 0 Å². The van der Waals surface area contributed by atoms with E-state index in [1.807, 2.05) is 0 Å². The summed E-state index contributed by atoms with van der Waals surface area (Å²) in [6.07, 6.45) is 2.82. The lowest BCUT2D eigenvalue weighted by Crippen LogP contribution is -2.44. The molecule has 4 amide bonds. The molecule has 1 aromatic carbocycles. The van der Waals surface area contributed by atoms with Gasteiger partial charge in [0, 0.05) is 5.69 Å². The number of carbonyl (C=O) groups is 3. The van der Waals surface area contributed by atoms with Gasteiger partial charge in [-0.3, -0.25) is 14.5 Å². The molecule has 1 saturated carbocycles. The largest absolute Gasteiger partial charge is 0.433 e. The van der Waals surface area contributed by atoms with Crippen molar-refractivity contribution in [3.05, 3.63) is 23.2 Å². The Labute approximate surface area is 152 Å². The second kappa shape index (κ2) is 7.06. The van der Waals surface area contributed by atoms with Gasteiger partial charge in [0.1, 0.15) is 17.8 Å². The van der Waals surface area contributed by atoms with Gasteiger partial charge in [-0.1, -0.05) is 24.4 Å². The van der Waals surface area contributed by atoms with E-state index in [0.29, 0.717) is 12.8 Å². The van der Waals surface area contributed by atoms with Crippen LogP contribution in [-0.4, -0.2) is 41.4 Å². The van der Waals surface area contributed by atoms with Crippen molar-refractivity contribution in [2.45, 2.75) is 37.8 Å². The summed E-state index contributed by atoms with van der Waals surface area (Å²) in [5.41, 5.74) is -0.654. The summed E-state index contributed by atoms with van der Waals surface area (Å²) in [6.45, 7) is -3.46. The van der Waals surface area contributed by atoms with Crippen LogP contribution in [0.4, 0.5) is 19.3 Å². The molecule has 2 aliphatic rings. The molecule has 0 radical (unpaired) electrons. The number of hydrogen-bond donors (Lipinski definition) is 2. The zero-order valence-corrected chi connectivity index (χ0v) is 14.3. The van der Waals surface area contributed by atoms with Crippen LogP contribution in [-0.2, 0) is 9.59 Å². The van der Waals surface area contributed by atoms with E-state index in [1.165, 1.54) is 18.2 Å². The van der Waals surface area contributed by atoms with E-state index < -0.39 is 36.5 Å². The van der Waals surface area contributed by atoms with Crippen LogP contribution in [0.2, 0.25) is 5.02 Å². The SMILES string of the molecule is O=C(CN1C(=O)NC2(CCCC2)C1=O)Nc1ccc(OC(F)F)c(Cl)c1.